The van der Waals surface area contributed by atoms with Crippen molar-refractivity contribution >= 4 is 23.9 Å². The number of benzene rings is 2. The average molecular weight is 424 g/mol. The summed E-state index contributed by atoms with van der Waals surface area (Å²) in [6.07, 6.45) is 1.83. The van der Waals surface area contributed by atoms with E-state index < -0.39 is 17.8 Å². The van der Waals surface area contributed by atoms with Crippen molar-refractivity contribution in [3.63, 3.8) is 0 Å². The van der Waals surface area contributed by atoms with Gasteiger partial charge >= 0.3 is 5.97 Å². The van der Waals surface area contributed by atoms with Crippen LogP contribution in [0.1, 0.15) is 42.6 Å². The predicted octanol–water partition coefficient (Wildman–Crippen LogP) is 3.47. The molecule has 3 N–H and O–H groups in total. The van der Waals surface area contributed by atoms with Gasteiger partial charge in [0.1, 0.15) is 11.4 Å². The number of amides is 2. The van der Waals surface area contributed by atoms with Crippen LogP contribution < -0.4 is 15.4 Å². The Labute approximate surface area is 182 Å². The van der Waals surface area contributed by atoms with E-state index in [2.05, 4.69) is 24.5 Å². The highest BCUT2D eigenvalue weighted by Crippen LogP contribution is 2.14. The molecule has 0 heterocycles. The molecule has 0 bridgehead atoms. The van der Waals surface area contributed by atoms with E-state index in [4.69, 9.17) is 9.84 Å². The first-order chi connectivity index (χ1) is 14.8. The van der Waals surface area contributed by atoms with Crippen molar-refractivity contribution in [1.82, 2.24) is 10.6 Å². The van der Waals surface area contributed by atoms with Gasteiger partial charge in [0.05, 0.1) is 6.61 Å². The third-order valence-electron chi connectivity index (χ3n) is 4.16. The third kappa shape index (κ3) is 8.74. The molecule has 0 radical (unpaired) electrons. The lowest BCUT2D eigenvalue weighted by Gasteiger charge is -2.12. The van der Waals surface area contributed by atoms with Crippen molar-refractivity contribution < 1.29 is 24.2 Å². The predicted molar refractivity (Wildman–Crippen MR) is 119 cm³/mol. The zero-order valence-corrected chi connectivity index (χ0v) is 17.8. The van der Waals surface area contributed by atoms with Gasteiger partial charge in [0.15, 0.2) is 0 Å². The van der Waals surface area contributed by atoms with E-state index in [-0.39, 0.29) is 18.7 Å². The van der Waals surface area contributed by atoms with Crippen molar-refractivity contribution in [2.24, 2.45) is 5.92 Å². The Balaban J connectivity index is 2.09. The lowest BCUT2D eigenvalue weighted by Crippen LogP contribution is -2.35. The number of carboxylic acid groups (broad SMARTS) is 1. The molecule has 0 atom stereocenters. The Morgan fingerprint density at radius 2 is 1.71 bits per heavy atom. The Hall–Kier alpha value is -3.61. The zero-order valence-electron chi connectivity index (χ0n) is 17.8. The van der Waals surface area contributed by atoms with Crippen molar-refractivity contribution in [2.45, 2.75) is 26.7 Å². The Morgan fingerprint density at radius 3 is 2.32 bits per heavy atom. The zero-order chi connectivity index (χ0) is 22.6. The molecule has 0 unspecified atom stereocenters. The molecule has 7 heteroatoms. The van der Waals surface area contributed by atoms with Crippen LogP contribution in [0.5, 0.6) is 5.75 Å². The molecule has 0 aromatic heterocycles. The molecule has 31 heavy (non-hydrogen) atoms. The molecule has 164 valence electrons. The minimum atomic E-state index is -0.927. The fraction of sp³-hybridized carbons (Fsp3) is 0.292. The molecule has 2 aromatic carbocycles. The van der Waals surface area contributed by atoms with Crippen molar-refractivity contribution in [2.75, 3.05) is 13.2 Å². The number of nitrogens with one attached hydrogen (secondary N) is 2. The summed E-state index contributed by atoms with van der Waals surface area (Å²) in [5.41, 5.74) is 1.21. The molecule has 2 amide bonds. The largest absolute Gasteiger partial charge is 0.493 e. The van der Waals surface area contributed by atoms with Crippen LogP contribution in [0.15, 0.2) is 60.3 Å². The standard InChI is InChI=1S/C24H28N2O5/c1-17(2)16-31-20-12-10-19(11-13-20)23(29)26-21(15-18-7-4-3-5-8-18)24(30)25-14-6-9-22(27)28/h3-5,7-8,10-13,15,17H,6,9,14,16H2,1-2H3,(H,25,30)(H,26,29)(H,27,28). The van der Waals surface area contributed by atoms with Crippen molar-refractivity contribution in [1.29, 1.82) is 0 Å². The number of hydrogen-bond donors (Lipinski definition) is 3. The molecule has 7 nitrogen and oxygen atoms in total. The van der Waals surface area contributed by atoms with Crippen LogP contribution in [0, 0.1) is 5.92 Å². The monoisotopic (exact) mass is 424 g/mol. The van der Waals surface area contributed by atoms with Crippen LogP contribution in [0.2, 0.25) is 0 Å². The summed E-state index contributed by atoms with van der Waals surface area (Å²) in [5.74, 6) is -0.787. The van der Waals surface area contributed by atoms with Gasteiger partial charge in [-0.1, -0.05) is 44.2 Å². The number of carbonyl (C=O) groups excluding carboxylic acids is 2. The van der Waals surface area contributed by atoms with Gasteiger partial charge in [-0.25, -0.2) is 0 Å². The summed E-state index contributed by atoms with van der Waals surface area (Å²) in [6, 6.07) is 15.8. The van der Waals surface area contributed by atoms with Gasteiger partial charge in [-0.3, -0.25) is 14.4 Å². The highest BCUT2D eigenvalue weighted by molar-refractivity contribution is 6.05. The van der Waals surface area contributed by atoms with Crippen LogP contribution in [0.25, 0.3) is 6.08 Å². The van der Waals surface area contributed by atoms with Crippen molar-refractivity contribution in [3.05, 3.63) is 71.4 Å². The van der Waals surface area contributed by atoms with Gasteiger partial charge in [0, 0.05) is 18.5 Å². The molecule has 0 saturated carbocycles. The maximum absolute atomic E-state index is 12.7. The van der Waals surface area contributed by atoms with E-state index >= 15 is 0 Å². The summed E-state index contributed by atoms with van der Waals surface area (Å²) >= 11 is 0. The van der Waals surface area contributed by atoms with E-state index in [1.54, 1.807) is 30.3 Å². The molecule has 2 aromatic rings. The summed E-state index contributed by atoms with van der Waals surface area (Å²) in [4.78, 5) is 35.9. The fourth-order valence-electron chi connectivity index (χ4n) is 2.57. The lowest BCUT2D eigenvalue weighted by molar-refractivity contribution is -0.137. The normalized spacial score (nSPS) is 11.1. The first kappa shape index (κ1) is 23.7. The maximum atomic E-state index is 12.7. The molecule has 0 fully saturated rings. The second-order valence-corrected chi connectivity index (χ2v) is 7.41. The van der Waals surface area contributed by atoms with E-state index in [9.17, 15) is 14.4 Å². The van der Waals surface area contributed by atoms with Gasteiger partial charge in [-0.2, -0.15) is 0 Å². The molecule has 0 saturated heterocycles. The summed E-state index contributed by atoms with van der Waals surface area (Å²) < 4.78 is 5.62. The first-order valence-corrected chi connectivity index (χ1v) is 10.2. The Morgan fingerprint density at radius 1 is 1.03 bits per heavy atom. The second-order valence-electron chi connectivity index (χ2n) is 7.41. The van der Waals surface area contributed by atoms with Crippen LogP contribution >= 0.6 is 0 Å². The van der Waals surface area contributed by atoms with Gasteiger partial charge in [-0.05, 0) is 48.2 Å². The summed E-state index contributed by atoms with van der Waals surface area (Å²) in [7, 11) is 0. The second kappa shape index (κ2) is 12.2. The SMILES string of the molecule is CC(C)COc1ccc(C(=O)NC(=Cc2ccccc2)C(=O)NCCCC(=O)O)cc1. The molecular formula is C24H28N2O5. The molecule has 0 aliphatic rings. The van der Waals surface area contributed by atoms with Crippen LogP contribution in [0.3, 0.4) is 0 Å². The molecule has 0 aliphatic heterocycles. The highest BCUT2D eigenvalue weighted by Gasteiger charge is 2.15. The van der Waals surface area contributed by atoms with Gasteiger partial charge in [0.2, 0.25) is 0 Å². The average Bonchev–Trinajstić information content (AvgIpc) is 2.75. The number of carbonyl (C=O) groups is 3. The molecule has 2 rings (SSSR count). The Bertz CT molecular complexity index is 905. The Kier molecular flexibility index (Phi) is 9.29. The number of ether oxygens (including phenoxy) is 1. The van der Waals surface area contributed by atoms with E-state index in [0.717, 1.165) is 5.56 Å². The number of aliphatic carboxylic acids is 1. The van der Waals surface area contributed by atoms with E-state index in [1.165, 1.54) is 0 Å². The first-order valence-electron chi connectivity index (χ1n) is 10.2. The molecule has 0 spiro atoms. The van der Waals surface area contributed by atoms with Crippen molar-refractivity contribution in [3.8, 4) is 5.75 Å². The van der Waals surface area contributed by atoms with E-state index in [1.807, 2.05) is 30.3 Å². The van der Waals surface area contributed by atoms with Crippen LogP contribution in [-0.2, 0) is 9.59 Å². The fourth-order valence-corrected chi connectivity index (χ4v) is 2.57. The third-order valence-corrected chi connectivity index (χ3v) is 4.16. The van der Waals surface area contributed by atoms with Gasteiger partial charge < -0.3 is 20.5 Å². The topological polar surface area (TPSA) is 105 Å². The lowest BCUT2D eigenvalue weighted by atomic mass is 10.1. The number of hydrogen-bond acceptors (Lipinski definition) is 4. The van der Waals surface area contributed by atoms with Gasteiger partial charge in [-0.15, -0.1) is 0 Å². The smallest absolute Gasteiger partial charge is 0.303 e. The van der Waals surface area contributed by atoms with E-state index in [0.29, 0.717) is 30.3 Å². The number of carboxylic acids is 1. The number of rotatable bonds is 11. The molecular weight excluding hydrogens is 396 g/mol. The minimum Gasteiger partial charge on any atom is -0.493 e. The van der Waals surface area contributed by atoms with Crippen LogP contribution in [-0.4, -0.2) is 36.0 Å². The summed E-state index contributed by atoms with van der Waals surface area (Å²) in [5, 5.41) is 14.0. The summed E-state index contributed by atoms with van der Waals surface area (Å²) in [6.45, 7) is 4.87. The molecule has 0 aliphatic carbocycles. The highest BCUT2D eigenvalue weighted by atomic mass is 16.5. The van der Waals surface area contributed by atoms with Gasteiger partial charge in [0.25, 0.3) is 11.8 Å². The minimum absolute atomic E-state index is 0.0460. The van der Waals surface area contributed by atoms with Crippen LogP contribution in [0.4, 0.5) is 0 Å². The maximum Gasteiger partial charge on any atom is 0.303 e. The quantitative estimate of drug-likeness (QED) is 0.378.